The van der Waals surface area contributed by atoms with Crippen LogP contribution in [0.4, 0.5) is 0 Å². The quantitative estimate of drug-likeness (QED) is 0.755. The minimum absolute atomic E-state index is 0.0963. The van der Waals surface area contributed by atoms with Gasteiger partial charge in [0.15, 0.2) is 5.11 Å². The van der Waals surface area contributed by atoms with Gasteiger partial charge in [0.25, 0.3) is 0 Å². The third-order valence-electron chi connectivity index (χ3n) is 6.32. The van der Waals surface area contributed by atoms with Gasteiger partial charge in [-0.3, -0.25) is 4.98 Å². The number of hydrogen-bond donors (Lipinski definition) is 1. The Balaban J connectivity index is 1.76. The lowest BCUT2D eigenvalue weighted by Crippen LogP contribution is -2.29. The molecule has 144 valence electrons. The predicted molar refractivity (Wildman–Crippen MR) is 114 cm³/mol. The minimum Gasteiger partial charge on any atom is -0.352 e. The fourth-order valence-electron chi connectivity index (χ4n) is 5.09. The molecule has 2 aromatic rings. The van der Waals surface area contributed by atoms with Crippen molar-refractivity contribution in [2.45, 2.75) is 71.0 Å². The van der Waals surface area contributed by atoms with Gasteiger partial charge in [-0.1, -0.05) is 25.3 Å². The zero-order valence-corrected chi connectivity index (χ0v) is 17.4. The van der Waals surface area contributed by atoms with Crippen molar-refractivity contribution in [1.82, 2.24) is 19.8 Å². The lowest BCUT2D eigenvalue weighted by molar-refractivity contribution is 0.323. The highest BCUT2D eigenvalue weighted by molar-refractivity contribution is 7.80. The van der Waals surface area contributed by atoms with Gasteiger partial charge in [0.2, 0.25) is 0 Å². The van der Waals surface area contributed by atoms with Crippen LogP contribution in [0.5, 0.6) is 0 Å². The van der Waals surface area contributed by atoms with Crippen LogP contribution in [0, 0.1) is 13.8 Å². The van der Waals surface area contributed by atoms with Crippen molar-refractivity contribution < 1.29 is 0 Å². The average Bonchev–Trinajstić information content (AvgIpc) is 3.18. The molecule has 27 heavy (non-hydrogen) atoms. The van der Waals surface area contributed by atoms with E-state index in [0.717, 1.165) is 17.4 Å². The van der Waals surface area contributed by atoms with Crippen LogP contribution in [0.2, 0.25) is 0 Å². The van der Waals surface area contributed by atoms with E-state index in [1.807, 2.05) is 12.3 Å². The summed E-state index contributed by atoms with van der Waals surface area (Å²) >= 11 is 5.68. The number of pyridine rings is 1. The number of nitrogens with one attached hydrogen (secondary N) is 1. The van der Waals surface area contributed by atoms with E-state index in [1.54, 1.807) is 0 Å². The highest BCUT2D eigenvalue weighted by Crippen LogP contribution is 2.42. The standard InChI is InChI=1S/C22H30N4S/c1-4-25-21(20(24-22(25)27)19-12-8-9-13-23-19)18-14-15(2)26(16(18)3)17-10-6-5-7-11-17/h8-9,12-14,17,20-21H,4-7,10-11H2,1-3H3,(H,24,27)/t20-,21-/m0/s1. The molecule has 0 unspecified atom stereocenters. The number of likely N-dealkylation sites (N-methyl/N-ethyl adjacent to an activating group) is 1. The second kappa shape index (κ2) is 7.63. The third-order valence-corrected chi connectivity index (χ3v) is 6.67. The molecular weight excluding hydrogens is 352 g/mol. The summed E-state index contributed by atoms with van der Waals surface area (Å²) in [5.74, 6) is 0. The highest BCUT2D eigenvalue weighted by Gasteiger charge is 2.40. The van der Waals surface area contributed by atoms with Gasteiger partial charge in [0.05, 0.1) is 17.8 Å². The summed E-state index contributed by atoms with van der Waals surface area (Å²) < 4.78 is 2.60. The van der Waals surface area contributed by atoms with E-state index >= 15 is 0 Å². The van der Waals surface area contributed by atoms with Crippen LogP contribution in [-0.2, 0) is 0 Å². The maximum absolute atomic E-state index is 5.68. The molecule has 2 aliphatic rings. The maximum atomic E-state index is 5.68. The van der Waals surface area contributed by atoms with Crippen LogP contribution >= 0.6 is 12.2 Å². The number of nitrogens with zero attached hydrogens (tertiary/aromatic N) is 3. The van der Waals surface area contributed by atoms with E-state index in [4.69, 9.17) is 12.2 Å². The van der Waals surface area contributed by atoms with Crippen molar-refractivity contribution in [2.75, 3.05) is 6.54 Å². The second-order valence-corrected chi connectivity index (χ2v) is 8.29. The third kappa shape index (κ3) is 3.27. The Morgan fingerprint density at radius 3 is 2.63 bits per heavy atom. The minimum atomic E-state index is 0.0963. The van der Waals surface area contributed by atoms with E-state index in [0.29, 0.717) is 6.04 Å². The van der Waals surface area contributed by atoms with E-state index in [2.05, 4.69) is 58.7 Å². The van der Waals surface area contributed by atoms with Crippen molar-refractivity contribution in [3.05, 3.63) is 53.1 Å². The van der Waals surface area contributed by atoms with Gasteiger partial charge in [-0.2, -0.15) is 0 Å². The molecule has 1 N–H and O–H groups in total. The van der Waals surface area contributed by atoms with E-state index in [1.165, 1.54) is 49.1 Å². The molecule has 4 nitrogen and oxygen atoms in total. The first-order valence-corrected chi connectivity index (χ1v) is 10.7. The van der Waals surface area contributed by atoms with Crippen LogP contribution in [0.15, 0.2) is 30.5 Å². The molecule has 2 aromatic heterocycles. The smallest absolute Gasteiger partial charge is 0.170 e. The fourth-order valence-corrected chi connectivity index (χ4v) is 5.46. The van der Waals surface area contributed by atoms with E-state index in [9.17, 15) is 0 Å². The zero-order chi connectivity index (χ0) is 19.0. The maximum Gasteiger partial charge on any atom is 0.170 e. The molecule has 1 saturated heterocycles. The Morgan fingerprint density at radius 2 is 1.96 bits per heavy atom. The Bertz CT molecular complexity index is 807. The van der Waals surface area contributed by atoms with Crippen LogP contribution in [0.1, 0.15) is 79.8 Å². The topological polar surface area (TPSA) is 33.1 Å². The number of rotatable bonds is 4. The molecule has 1 aliphatic carbocycles. The molecule has 0 radical (unpaired) electrons. The SMILES string of the molecule is CCN1C(=S)N[C@@H](c2ccccn2)[C@@H]1c1cc(C)n(C2CCCCC2)c1C. The van der Waals surface area contributed by atoms with Gasteiger partial charge >= 0.3 is 0 Å². The summed E-state index contributed by atoms with van der Waals surface area (Å²) in [5, 5.41) is 4.37. The van der Waals surface area contributed by atoms with Crippen molar-refractivity contribution in [3.63, 3.8) is 0 Å². The van der Waals surface area contributed by atoms with Crippen molar-refractivity contribution >= 4 is 17.3 Å². The van der Waals surface area contributed by atoms with E-state index < -0.39 is 0 Å². The molecule has 2 fully saturated rings. The summed E-state index contributed by atoms with van der Waals surface area (Å²) in [6, 6.07) is 9.47. The lowest BCUT2D eigenvalue weighted by atomic mass is 9.94. The number of thiocarbonyl (C=S) groups is 1. The fraction of sp³-hybridized carbons (Fsp3) is 0.545. The molecule has 1 saturated carbocycles. The molecule has 4 rings (SSSR count). The monoisotopic (exact) mass is 382 g/mol. The van der Waals surface area contributed by atoms with Crippen LogP contribution in [0.3, 0.4) is 0 Å². The summed E-state index contributed by atoms with van der Waals surface area (Å²) in [6.07, 6.45) is 8.57. The van der Waals surface area contributed by atoms with Crippen LogP contribution in [-0.4, -0.2) is 26.1 Å². The molecule has 1 aliphatic heterocycles. The first-order valence-electron chi connectivity index (χ1n) is 10.3. The Hall–Kier alpha value is -1.88. The number of hydrogen-bond acceptors (Lipinski definition) is 2. The van der Waals surface area contributed by atoms with Gasteiger partial charge in [-0.15, -0.1) is 0 Å². The Labute approximate surface area is 168 Å². The molecule has 0 amide bonds. The van der Waals surface area contributed by atoms with Gasteiger partial charge in [0.1, 0.15) is 0 Å². The highest BCUT2D eigenvalue weighted by atomic mass is 32.1. The predicted octanol–water partition coefficient (Wildman–Crippen LogP) is 5.00. The summed E-state index contributed by atoms with van der Waals surface area (Å²) in [7, 11) is 0. The molecular formula is C22H30N4S. The Morgan fingerprint density at radius 1 is 1.19 bits per heavy atom. The second-order valence-electron chi connectivity index (χ2n) is 7.90. The van der Waals surface area contributed by atoms with E-state index in [-0.39, 0.29) is 12.1 Å². The molecule has 0 bridgehead atoms. The van der Waals surface area contributed by atoms with Crippen LogP contribution in [0.25, 0.3) is 0 Å². The Kier molecular flexibility index (Phi) is 5.22. The van der Waals surface area contributed by atoms with Gasteiger partial charge in [-0.05, 0) is 69.6 Å². The van der Waals surface area contributed by atoms with Crippen molar-refractivity contribution in [3.8, 4) is 0 Å². The molecule has 0 spiro atoms. The lowest BCUT2D eigenvalue weighted by Gasteiger charge is -2.29. The van der Waals surface area contributed by atoms with Crippen molar-refractivity contribution in [1.29, 1.82) is 0 Å². The molecule has 0 aromatic carbocycles. The molecule has 2 atom stereocenters. The first kappa shape index (κ1) is 18.5. The molecule has 3 heterocycles. The molecule has 5 heteroatoms. The normalized spacial score (nSPS) is 23.7. The number of aryl methyl sites for hydroxylation is 1. The van der Waals surface area contributed by atoms with Gasteiger partial charge in [-0.25, -0.2) is 0 Å². The average molecular weight is 383 g/mol. The van der Waals surface area contributed by atoms with Gasteiger partial charge in [0, 0.05) is 30.2 Å². The number of aromatic nitrogens is 2. The summed E-state index contributed by atoms with van der Waals surface area (Å²) in [4.78, 5) is 6.95. The largest absolute Gasteiger partial charge is 0.352 e. The van der Waals surface area contributed by atoms with Crippen molar-refractivity contribution in [2.24, 2.45) is 0 Å². The summed E-state index contributed by atoms with van der Waals surface area (Å²) in [6.45, 7) is 7.63. The van der Waals surface area contributed by atoms with Gasteiger partial charge < -0.3 is 14.8 Å². The first-order chi connectivity index (χ1) is 13.1. The summed E-state index contributed by atoms with van der Waals surface area (Å²) in [5.41, 5.74) is 5.23. The van der Waals surface area contributed by atoms with Crippen LogP contribution < -0.4 is 5.32 Å². The zero-order valence-electron chi connectivity index (χ0n) is 16.6.